The quantitative estimate of drug-likeness (QED) is 0.813. The first-order valence-electron chi connectivity index (χ1n) is 8.95. The van der Waals surface area contributed by atoms with E-state index < -0.39 is 0 Å². The van der Waals surface area contributed by atoms with E-state index in [0.29, 0.717) is 42.0 Å². The monoisotopic (exact) mass is 388 g/mol. The number of rotatable bonds is 6. The molecule has 1 N–H and O–H groups in total. The summed E-state index contributed by atoms with van der Waals surface area (Å²) in [5, 5.41) is 10.8. The lowest BCUT2D eigenvalue weighted by Crippen LogP contribution is -2.46. The number of aromatic nitrogens is 2. The Morgan fingerprint density at radius 3 is 2.46 bits per heavy atom. The van der Waals surface area contributed by atoms with E-state index in [2.05, 4.69) is 15.5 Å². The number of hydrogen-bond acceptors (Lipinski definition) is 7. The molecule has 150 valence electrons. The van der Waals surface area contributed by atoms with Crippen molar-refractivity contribution in [2.24, 2.45) is 0 Å². The summed E-state index contributed by atoms with van der Waals surface area (Å²) in [5.41, 5.74) is 0.631. The van der Waals surface area contributed by atoms with Crippen LogP contribution in [0.3, 0.4) is 0 Å². The SMILES string of the molecule is COc1ccc(OC2CCCN(C(=O)Nc3ccc(OC)c(OC)c3)C2)nn1. The lowest BCUT2D eigenvalue weighted by atomic mass is 10.1. The number of piperidine rings is 1. The number of ether oxygens (including phenoxy) is 4. The van der Waals surface area contributed by atoms with Crippen LogP contribution in [0.1, 0.15) is 12.8 Å². The molecule has 1 saturated heterocycles. The lowest BCUT2D eigenvalue weighted by molar-refractivity contribution is 0.101. The number of amides is 2. The minimum absolute atomic E-state index is 0.146. The zero-order valence-electron chi connectivity index (χ0n) is 16.2. The van der Waals surface area contributed by atoms with Crippen LogP contribution in [-0.2, 0) is 0 Å². The van der Waals surface area contributed by atoms with Crippen molar-refractivity contribution in [1.29, 1.82) is 0 Å². The lowest BCUT2D eigenvalue weighted by Gasteiger charge is -2.32. The molecular weight excluding hydrogens is 364 g/mol. The van der Waals surface area contributed by atoms with E-state index in [0.717, 1.165) is 12.8 Å². The first kappa shape index (κ1) is 19.5. The molecule has 1 atom stereocenters. The average molecular weight is 388 g/mol. The van der Waals surface area contributed by atoms with Crippen molar-refractivity contribution in [3.05, 3.63) is 30.3 Å². The van der Waals surface area contributed by atoms with Crippen LogP contribution >= 0.6 is 0 Å². The summed E-state index contributed by atoms with van der Waals surface area (Å²) >= 11 is 0. The third-order valence-electron chi connectivity index (χ3n) is 4.41. The predicted molar refractivity (Wildman–Crippen MR) is 102 cm³/mol. The molecule has 28 heavy (non-hydrogen) atoms. The number of nitrogens with one attached hydrogen (secondary N) is 1. The topological polar surface area (TPSA) is 95.0 Å². The van der Waals surface area contributed by atoms with Gasteiger partial charge in [0.15, 0.2) is 11.5 Å². The van der Waals surface area contributed by atoms with Crippen molar-refractivity contribution in [3.8, 4) is 23.3 Å². The molecule has 1 aliphatic rings. The van der Waals surface area contributed by atoms with Crippen molar-refractivity contribution >= 4 is 11.7 Å². The third-order valence-corrected chi connectivity index (χ3v) is 4.41. The highest BCUT2D eigenvalue weighted by Gasteiger charge is 2.25. The Morgan fingerprint density at radius 2 is 1.79 bits per heavy atom. The number of carbonyl (C=O) groups is 1. The third kappa shape index (κ3) is 4.73. The number of methoxy groups -OCH3 is 3. The Balaban J connectivity index is 1.59. The van der Waals surface area contributed by atoms with Gasteiger partial charge in [-0.2, -0.15) is 0 Å². The summed E-state index contributed by atoms with van der Waals surface area (Å²) in [6.45, 7) is 1.13. The molecule has 0 spiro atoms. The molecule has 0 aliphatic carbocycles. The van der Waals surface area contributed by atoms with Crippen LogP contribution in [0, 0.1) is 0 Å². The Kier molecular flexibility index (Phi) is 6.36. The van der Waals surface area contributed by atoms with Gasteiger partial charge in [-0.15, -0.1) is 10.2 Å². The van der Waals surface area contributed by atoms with Gasteiger partial charge in [0.1, 0.15) is 6.10 Å². The summed E-state index contributed by atoms with van der Waals surface area (Å²) < 4.78 is 21.3. The zero-order chi connectivity index (χ0) is 19.9. The second-order valence-electron chi connectivity index (χ2n) is 6.24. The highest BCUT2D eigenvalue weighted by molar-refractivity contribution is 5.89. The van der Waals surface area contributed by atoms with Gasteiger partial charge in [0.25, 0.3) is 0 Å². The van der Waals surface area contributed by atoms with E-state index in [1.165, 1.54) is 7.11 Å². The molecular formula is C19H24N4O5. The van der Waals surface area contributed by atoms with E-state index in [9.17, 15) is 4.79 Å². The number of likely N-dealkylation sites (tertiary alicyclic amines) is 1. The van der Waals surface area contributed by atoms with Gasteiger partial charge in [-0.1, -0.05) is 0 Å². The molecule has 1 unspecified atom stereocenters. The smallest absolute Gasteiger partial charge is 0.321 e. The van der Waals surface area contributed by atoms with Crippen molar-refractivity contribution in [2.45, 2.75) is 18.9 Å². The van der Waals surface area contributed by atoms with Crippen molar-refractivity contribution in [2.75, 3.05) is 39.7 Å². The molecule has 3 rings (SSSR count). The van der Waals surface area contributed by atoms with Crippen molar-refractivity contribution in [1.82, 2.24) is 15.1 Å². The van der Waals surface area contributed by atoms with Crippen LogP contribution in [0.2, 0.25) is 0 Å². The van der Waals surface area contributed by atoms with E-state index in [4.69, 9.17) is 18.9 Å². The van der Waals surface area contributed by atoms with Gasteiger partial charge in [0.05, 0.1) is 27.9 Å². The van der Waals surface area contributed by atoms with Gasteiger partial charge in [-0.3, -0.25) is 0 Å². The van der Waals surface area contributed by atoms with Crippen LogP contribution in [0.5, 0.6) is 23.3 Å². The first-order chi connectivity index (χ1) is 13.6. The van der Waals surface area contributed by atoms with Gasteiger partial charge in [0, 0.05) is 30.4 Å². The Hall–Kier alpha value is -3.23. The van der Waals surface area contributed by atoms with Gasteiger partial charge < -0.3 is 29.2 Å². The van der Waals surface area contributed by atoms with E-state index >= 15 is 0 Å². The normalized spacial score (nSPS) is 16.2. The molecule has 0 bridgehead atoms. The molecule has 1 aromatic heterocycles. The van der Waals surface area contributed by atoms with Gasteiger partial charge >= 0.3 is 6.03 Å². The fourth-order valence-corrected chi connectivity index (χ4v) is 2.99. The highest BCUT2D eigenvalue weighted by atomic mass is 16.5. The maximum atomic E-state index is 12.6. The Labute approximate surface area is 163 Å². The number of urea groups is 1. The summed E-state index contributed by atoms with van der Waals surface area (Å²) in [6.07, 6.45) is 1.54. The summed E-state index contributed by atoms with van der Waals surface area (Å²) in [4.78, 5) is 14.4. The maximum Gasteiger partial charge on any atom is 0.321 e. The van der Waals surface area contributed by atoms with E-state index in [-0.39, 0.29) is 12.1 Å². The fourth-order valence-electron chi connectivity index (χ4n) is 2.99. The molecule has 0 saturated carbocycles. The molecule has 2 aromatic rings. The highest BCUT2D eigenvalue weighted by Crippen LogP contribution is 2.30. The number of anilines is 1. The first-order valence-corrected chi connectivity index (χ1v) is 8.95. The van der Waals surface area contributed by atoms with Crippen LogP contribution < -0.4 is 24.3 Å². The standard InChI is InChI=1S/C19H24N4O5/c1-25-15-7-6-13(11-16(15)26-2)20-19(24)23-10-4-5-14(12-23)28-18-9-8-17(27-3)21-22-18/h6-9,11,14H,4-5,10,12H2,1-3H3,(H,20,24). The number of carbonyl (C=O) groups excluding carboxylic acids is 1. The van der Waals surface area contributed by atoms with Crippen LogP contribution in [0.25, 0.3) is 0 Å². The minimum Gasteiger partial charge on any atom is -0.493 e. The number of hydrogen-bond donors (Lipinski definition) is 1. The summed E-state index contributed by atoms with van der Waals surface area (Å²) in [6, 6.07) is 8.44. The molecule has 2 heterocycles. The predicted octanol–water partition coefficient (Wildman–Crippen LogP) is 2.58. The Morgan fingerprint density at radius 1 is 1.04 bits per heavy atom. The number of benzene rings is 1. The average Bonchev–Trinajstić information content (AvgIpc) is 2.74. The van der Waals surface area contributed by atoms with E-state index in [1.807, 2.05) is 0 Å². The second-order valence-corrected chi connectivity index (χ2v) is 6.24. The molecule has 1 fully saturated rings. The number of nitrogens with zero attached hydrogens (tertiary/aromatic N) is 3. The summed E-state index contributed by atoms with van der Waals surface area (Å²) in [5.74, 6) is 1.99. The summed E-state index contributed by atoms with van der Waals surface area (Å²) in [7, 11) is 4.65. The van der Waals surface area contributed by atoms with E-state index in [1.54, 1.807) is 49.5 Å². The van der Waals surface area contributed by atoms with Crippen LogP contribution in [-0.4, -0.2) is 61.7 Å². The van der Waals surface area contributed by atoms with Crippen LogP contribution in [0.4, 0.5) is 10.5 Å². The second kappa shape index (κ2) is 9.12. The van der Waals surface area contributed by atoms with Gasteiger partial charge in [-0.25, -0.2) is 4.79 Å². The molecule has 1 aromatic carbocycles. The Bertz CT molecular complexity index is 799. The molecule has 1 aliphatic heterocycles. The fraction of sp³-hybridized carbons (Fsp3) is 0.421. The molecule has 2 amide bonds. The van der Waals surface area contributed by atoms with Gasteiger partial charge in [-0.05, 0) is 25.0 Å². The van der Waals surface area contributed by atoms with Crippen LogP contribution in [0.15, 0.2) is 30.3 Å². The van der Waals surface area contributed by atoms with Gasteiger partial charge in [0.2, 0.25) is 11.8 Å². The largest absolute Gasteiger partial charge is 0.493 e. The zero-order valence-corrected chi connectivity index (χ0v) is 16.2. The molecule has 0 radical (unpaired) electrons. The van der Waals surface area contributed by atoms with Crippen molar-refractivity contribution < 1.29 is 23.7 Å². The molecule has 9 nitrogen and oxygen atoms in total. The molecule has 9 heteroatoms. The minimum atomic E-state index is -0.193. The van der Waals surface area contributed by atoms with Crippen molar-refractivity contribution in [3.63, 3.8) is 0 Å². The maximum absolute atomic E-state index is 12.6.